The second kappa shape index (κ2) is 6.72. The van der Waals surface area contributed by atoms with E-state index in [1.807, 2.05) is 0 Å². The quantitative estimate of drug-likeness (QED) is 0.773. The fourth-order valence-electron chi connectivity index (χ4n) is 3.31. The minimum atomic E-state index is 0.463. The van der Waals surface area contributed by atoms with Gasteiger partial charge in [0.05, 0.1) is 12.7 Å². The fourth-order valence-corrected chi connectivity index (χ4v) is 3.31. The fraction of sp³-hybridized carbons (Fsp3) is 1.00. The van der Waals surface area contributed by atoms with Gasteiger partial charge in [-0.3, -0.25) is 0 Å². The van der Waals surface area contributed by atoms with Gasteiger partial charge in [-0.25, -0.2) is 0 Å². The minimum Gasteiger partial charge on any atom is -0.381 e. The molecule has 0 aromatic carbocycles. The lowest BCUT2D eigenvalue weighted by Crippen LogP contribution is -2.45. The molecule has 0 amide bonds. The molecule has 0 radical (unpaired) electrons. The number of ether oxygens (including phenoxy) is 2. The number of hydrogen-bond acceptors (Lipinski definition) is 3. The molecule has 17 heavy (non-hydrogen) atoms. The smallest absolute Gasteiger partial charge is 0.0616 e. The standard InChI is InChI=1S/C14H27NO2/c1-3-7-15-14(11-5-8-16-10-11)12-6-9-17-13(12)4-2/h11-15H,3-10H2,1-2H3. The van der Waals surface area contributed by atoms with E-state index in [4.69, 9.17) is 9.47 Å². The third-order valence-corrected chi connectivity index (χ3v) is 4.23. The van der Waals surface area contributed by atoms with Gasteiger partial charge in [0.25, 0.3) is 0 Å². The van der Waals surface area contributed by atoms with Crippen molar-refractivity contribution in [3.05, 3.63) is 0 Å². The van der Waals surface area contributed by atoms with Crippen LogP contribution in [0, 0.1) is 11.8 Å². The minimum absolute atomic E-state index is 0.463. The Bertz CT molecular complexity index is 216. The highest BCUT2D eigenvalue weighted by Gasteiger charge is 2.38. The van der Waals surface area contributed by atoms with E-state index in [2.05, 4.69) is 19.2 Å². The van der Waals surface area contributed by atoms with Crippen molar-refractivity contribution in [2.45, 2.75) is 51.7 Å². The molecule has 2 aliphatic rings. The van der Waals surface area contributed by atoms with E-state index in [1.54, 1.807) is 0 Å². The lowest BCUT2D eigenvalue weighted by Gasteiger charge is -2.32. The van der Waals surface area contributed by atoms with Gasteiger partial charge < -0.3 is 14.8 Å². The van der Waals surface area contributed by atoms with Crippen LogP contribution in [-0.4, -0.2) is 38.5 Å². The zero-order chi connectivity index (χ0) is 12.1. The first kappa shape index (κ1) is 13.3. The van der Waals surface area contributed by atoms with Crippen LogP contribution in [0.1, 0.15) is 39.5 Å². The molecule has 0 aromatic heterocycles. The molecule has 2 fully saturated rings. The SMILES string of the molecule is CCCNC(C1CCOC1)C1CCOC1CC. The van der Waals surface area contributed by atoms with Gasteiger partial charge in [-0.2, -0.15) is 0 Å². The molecule has 2 saturated heterocycles. The van der Waals surface area contributed by atoms with Gasteiger partial charge in [-0.1, -0.05) is 13.8 Å². The maximum atomic E-state index is 5.85. The molecule has 2 aliphatic heterocycles. The third kappa shape index (κ3) is 3.21. The first-order valence-electron chi connectivity index (χ1n) is 7.29. The molecular formula is C14H27NO2. The Morgan fingerprint density at radius 2 is 2.12 bits per heavy atom. The maximum absolute atomic E-state index is 5.85. The molecule has 4 unspecified atom stereocenters. The number of nitrogens with one attached hydrogen (secondary N) is 1. The van der Waals surface area contributed by atoms with Crippen LogP contribution in [0.15, 0.2) is 0 Å². The van der Waals surface area contributed by atoms with Crippen LogP contribution in [0.2, 0.25) is 0 Å². The van der Waals surface area contributed by atoms with Crippen LogP contribution in [0.5, 0.6) is 0 Å². The second-order valence-corrected chi connectivity index (χ2v) is 5.37. The van der Waals surface area contributed by atoms with E-state index in [9.17, 15) is 0 Å². The molecule has 2 heterocycles. The van der Waals surface area contributed by atoms with Crippen LogP contribution in [0.3, 0.4) is 0 Å². The molecule has 0 bridgehead atoms. The van der Waals surface area contributed by atoms with Crippen molar-refractivity contribution in [2.75, 3.05) is 26.4 Å². The summed E-state index contributed by atoms with van der Waals surface area (Å²) in [4.78, 5) is 0. The van der Waals surface area contributed by atoms with Gasteiger partial charge >= 0.3 is 0 Å². The molecule has 3 heteroatoms. The summed E-state index contributed by atoms with van der Waals surface area (Å²) in [6.07, 6.45) is 5.24. The largest absolute Gasteiger partial charge is 0.381 e. The molecule has 0 aromatic rings. The summed E-state index contributed by atoms with van der Waals surface area (Å²) in [5.41, 5.74) is 0. The second-order valence-electron chi connectivity index (χ2n) is 5.37. The lowest BCUT2D eigenvalue weighted by atomic mass is 9.82. The van der Waals surface area contributed by atoms with Crippen molar-refractivity contribution in [1.29, 1.82) is 0 Å². The molecule has 0 aliphatic carbocycles. The van der Waals surface area contributed by atoms with Crippen molar-refractivity contribution in [1.82, 2.24) is 5.32 Å². The van der Waals surface area contributed by atoms with Crippen molar-refractivity contribution in [3.8, 4) is 0 Å². The maximum Gasteiger partial charge on any atom is 0.0616 e. The third-order valence-electron chi connectivity index (χ3n) is 4.23. The van der Waals surface area contributed by atoms with Gasteiger partial charge in [0.2, 0.25) is 0 Å². The average Bonchev–Trinajstić information content (AvgIpc) is 3.00. The molecule has 1 N–H and O–H groups in total. The highest BCUT2D eigenvalue weighted by molar-refractivity contribution is 4.91. The van der Waals surface area contributed by atoms with Gasteiger partial charge in [-0.15, -0.1) is 0 Å². The van der Waals surface area contributed by atoms with E-state index in [1.165, 1.54) is 19.3 Å². The summed E-state index contributed by atoms with van der Waals surface area (Å²) < 4.78 is 11.4. The summed E-state index contributed by atoms with van der Waals surface area (Å²) >= 11 is 0. The first-order valence-corrected chi connectivity index (χ1v) is 7.29. The molecule has 3 nitrogen and oxygen atoms in total. The Kier molecular flexibility index (Phi) is 5.26. The van der Waals surface area contributed by atoms with Gasteiger partial charge in [0.1, 0.15) is 0 Å². The Labute approximate surface area is 105 Å². The van der Waals surface area contributed by atoms with Crippen molar-refractivity contribution in [3.63, 3.8) is 0 Å². The average molecular weight is 241 g/mol. The molecule has 2 rings (SSSR count). The predicted octanol–water partition coefficient (Wildman–Crippen LogP) is 2.21. The Balaban J connectivity index is 1.97. The molecule has 4 atom stereocenters. The Morgan fingerprint density at radius 3 is 2.76 bits per heavy atom. The van der Waals surface area contributed by atoms with Gasteiger partial charge in [-0.05, 0) is 32.2 Å². The van der Waals surface area contributed by atoms with Gasteiger partial charge in [0, 0.05) is 31.1 Å². The molecule has 100 valence electrons. The van der Waals surface area contributed by atoms with Gasteiger partial charge in [0.15, 0.2) is 0 Å². The van der Waals surface area contributed by atoms with Crippen molar-refractivity contribution >= 4 is 0 Å². The Morgan fingerprint density at radius 1 is 1.24 bits per heavy atom. The van der Waals surface area contributed by atoms with Crippen molar-refractivity contribution < 1.29 is 9.47 Å². The van der Waals surface area contributed by atoms with E-state index >= 15 is 0 Å². The summed E-state index contributed by atoms with van der Waals surface area (Å²) in [5, 5.41) is 3.76. The molecular weight excluding hydrogens is 214 g/mol. The zero-order valence-corrected chi connectivity index (χ0v) is 11.3. The van der Waals surface area contributed by atoms with Crippen molar-refractivity contribution in [2.24, 2.45) is 11.8 Å². The summed E-state index contributed by atoms with van der Waals surface area (Å²) in [7, 11) is 0. The Hall–Kier alpha value is -0.120. The normalized spacial score (nSPS) is 35.3. The summed E-state index contributed by atoms with van der Waals surface area (Å²) in [5.74, 6) is 1.39. The highest BCUT2D eigenvalue weighted by atomic mass is 16.5. The summed E-state index contributed by atoms with van der Waals surface area (Å²) in [6, 6.07) is 0.602. The predicted molar refractivity (Wildman–Crippen MR) is 69.1 cm³/mol. The zero-order valence-electron chi connectivity index (χ0n) is 11.3. The van der Waals surface area contributed by atoms with E-state index in [0.29, 0.717) is 24.0 Å². The van der Waals surface area contributed by atoms with Crippen LogP contribution in [0.25, 0.3) is 0 Å². The van der Waals surface area contributed by atoms with E-state index in [-0.39, 0.29) is 0 Å². The number of rotatable bonds is 6. The monoisotopic (exact) mass is 241 g/mol. The highest BCUT2D eigenvalue weighted by Crippen LogP contribution is 2.32. The molecule has 0 spiro atoms. The van der Waals surface area contributed by atoms with Crippen LogP contribution < -0.4 is 5.32 Å². The topological polar surface area (TPSA) is 30.5 Å². The van der Waals surface area contributed by atoms with E-state index in [0.717, 1.165) is 32.8 Å². The molecule has 0 saturated carbocycles. The first-order chi connectivity index (χ1) is 8.36. The lowest BCUT2D eigenvalue weighted by molar-refractivity contribution is 0.0669. The van der Waals surface area contributed by atoms with Crippen LogP contribution >= 0.6 is 0 Å². The van der Waals surface area contributed by atoms with E-state index < -0.39 is 0 Å². The van der Waals surface area contributed by atoms with Crippen LogP contribution in [0.4, 0.5) is 0 Å². The van der Waals surface area contributed by atoms with Crippen LogP contribution in [-0.2, 0) is 9.47 Å². The summed E-state index contributed by atoms with van der Waals surface area (Å²) in [6.45, 7) is 8.42. The number of hydrogen-bond donors (Lipinski definition) is 1.